The predicted molar refractivity (Wildman–Crippen MR) is 257 cm³/mol. The third-order valence-electron chi connectivity index (χ3n) is 12.7. The Morgan fingerprint density at radius 1 is 0.333 bits per heavy atom. The molecule has 3 nitrogen and oxygen atoms in total. The van der Waals surface area contributed by atoms with Crippen LogP contribution in [0, 0.1) is 0 Å². The van der Waals surface area contributed by atoms with Crippen molar-refractivity contribution in [1.29, 1.82) is 0 Å². The second-order valence-electron chi connectivity index (χ2n) is 16.0. The molecule has 14 aromatic rings. The van der Waals surface area contributed by atoms with Gasteiger partial charge in [-0.25, -0.2) is 0 Å². The number of benzene rings is 9. The van der Waals surface area contributed by atoms with Gasteiger partial charge >= 0.3 is 0 Å². The van der Waals surface area contributed by atoms with Crippen molar-refractivity contribution in [2.75, 3.05) is 0 Å². The van der Waals surface area contributed by atoms with Gasteiger partial charge in [0.2, 0.25) is 5.43 Å². The average Bonchev–Trinajstić information content (AvgIpc) is 4.05. The lowest BCUT2D eigenvalue weighted by molar-refractivity contribution is 0.660. The van der Waals surface area contributed by atoms with Crippen LogP contribution in [0.5, 0.6) is 0 Å². The topological polar surface area (TPSA) is 34.6 Å². The van der Waals surface area contributed by atoms with E-state index in [1.807, 2.05) is 65.1 Å². The molecule has 0 aliphatic heterocycles. The summed E-state index contributed by atoms with van der Waals surface area (Å²) in [6, 6.07) is 63.3. The maximum absolute atomic E-state index is 13.2. The average molecular weight is 800 g/mol. The summed E-state index contributed by atoms with van der Waals surface area (Å²) in [6.07, 6.45) is 0. The fourth-order valence-electron chi connectivity index (χ4n) is 9.86. The Morgan fingerprint density at radius 2 is 0.767 bits per heavy atom. The molecule has 0 aliphatic rings. The first-order valence-corrected chi connectivity index (χ1v) is 21.8. The summed E-state index contributed by atoms with van der Waals surface area (Å²) >= 11 is 3.69. The van der Waals surface area contributed by atoms with Crippen LogP contribution in [0.15, 0.2) is 185 Å². The molecule has 0 radical (unpaired) electrons. The van der Waals surface area contributed by atoms with Crippen molar-refractivity contribution in [2.45, 2.75) is 0 Å². The molecule has 0 fully saturated rings. The van der Waals surface area contributed by atoms with E-state index in [0.717, 1.165) is 11.1 Å². The summed E-state index contributed by atoms with van der Waals surface area (Å²) in [5, 5.41) is 11.5. The van der Waals surface area contributed by atoms with Crippen LogP contribution in [0.3, 0.4) is 0 Å². The monoisotopic (exact) mass is 799 g/mol. The highest BCUT2D eigenvalue weighted by Crippen LogP contribution is 2.44. The zero-order chi connectivity index (χ0) is 39.2. The summed E-state index contributed by atoms with van der Waals surface area (Å²) < 4.78 is 13.8. The Morgan fingerprint density at radius 3 is 1.37 bits per heavy atom. The van der Waals surface area contributed by atoms with Crippen molar-refractivity contribution in [1.82, 2.24) is 4.40 Å². The molecule has 0 amide bonds. The third kappa shape index (κ3) is 4.50. The first-order valence-electron chi connectivity index (χ1n) is 20.2. The van der Waals surface area contributed by atoms with E-state index in [4.69, 9.17) is 4.42 Å². The molecule has 5 heterocycles. The number of hydrogen-bond donors (Lipinski definition) is 0. The van der Waals surface area contributed by atoms with Crippen LogP contribution in [0.4, 0.5) is 0 Å². The van der Waals surface area contributed by atoms with Crippen molar-refractivity contribution < 1.29 is 4.42 Å². The van der Waals surface area contributed by atoms with E-state index in [-0.39, 0.29) is 5.43 Å². The highest BCUT2D eigenvalue weighted by molar-refractivity contribution is 7.26. The number of thiophene rings is 2. The van der Waals surface area contributed by atoms with E-state index in [0.29, 0.717) is 21.9 Å². The highest BCUT2D eigenvalue weighted by Gasteiger charge is 2.18. The molecule has 278 valence electrons. The van der Waals surface area contributed by atoms with Crippen LogP contribution in [0.2, 0.25) is 0 Å². The molecule has 0 atom stereocenters. The van der Waals surface area contributed by atoms with Crippen molar-refractivity contribution in [2.24, 2.45) is 0 Å². The Hall–Kier alpha value is -7.31. The lowest BCUT2D eigenvalue weighted by Gasteiger charge is -2.06. The van der Waals surface area contributed by atoms with Crippen molar-refractivity contribution in [3.8, 4) is 33.4 Å². The Balaban J connectivity index is 0.870. The maximum Gasteiger partial charge on any atom is 0.200 e. The van der Waals surface area contributed by atoms with E-state index in [2.05, 4.69) is 138 Å². The molecule has 0 aliphatic carbocycles. The SMILES string of the molecule is O=c1c2ccccc2oc2cc(-c3ccc4sc5ccc(-c6ccc7sc8ccc(-c9ccc%10c%11cccc%12c%13ccccc%13n(c%10c9)c%12%11)cc8c7c6)cc5c4c3)ccc12. The van der Waals surface area contributed by atoms with Gasteiger partial charge in [0.05, 0.1) is 27.3 Å². The first kappa shape index (κ1) is 32.6. The third-order valence-corrected chi connectivity index (χ3v) is 15.0. The van der Waals surface area contributed by atoms with Crippen molar-refractivity contribution in [3.63, 3.8) is 0 Å². The van der Waals surface area contributed by atoms with Crippen LogP contribution in [-0.4, -0.2) is 4.40 Å². The number of hydrogen-bond acceptors (Lipinski definition) is 4. The largest absolute Gasteiger partial charge is 0.456 e. The normalized spacial score (nSPS) is 12.4. The molecule has 5 aromatic heterocycles. The summed E-state index contributed by atoms with van der Waals surface area (Å²) in [7, 11) is 0. The second kappa shape index (κ2) is 11.9. The standard InChI is InChI=1S/C55H29NO2S2/c57-55-40-7-2-4-11-48(40)58-49-29-35(13-19-41(49)55)33-17-23-53-45(27-33)43-25-31(15-21-51(43)60-53)30-14-20-50-42(24-30)44-26-32(16-22-52(44)59-50)34-12-18-37-39-9-5-8-38-36-6-1-3-10-46(36)56(54(38)39)47(37)28-34/h1-29H. The maximum atomic E-state index is 13.2. The minimum atomic E-state index is 0.00180. The Labute approximate surface area is 349 Å². The van der Waals surface area contributed by atoms with Crippen LogP contribution < -0.4 is 5.43 Å². The van der Waals surface area contributed by atoms with Crippen LogP contribution in [0.1, 0.15) is 0 Å². The van der Waals surface area contributed by atoms with Crippen LogP contribution in [0.25, 0.3) is 134 Å². The number of aromatic nitrogens is 1. The van der Waals surface area contributed by atoms with Gasteiger partial charge in [0.25, 0.3) is 0 Å². The molecular weight excluding hydrogens is 771 g/mol. The second-order valence-corrected chi connectivity index (χ2v) is 18.1. The quantitative estimate of drug-likeness (QED) is 0.167. The van der Waals surface area contributed by atoms with Gasteiger partial charge in [-0.05, 0) is 118 Å². The zero-order valence-corrected chi connectivity index (χ0v) is 33.5. The lowest BCUT2D eigenvalue weighted by atomic mass is 9.98. The van der Waals surface area contributed by atoms with Gasteiger partial charge in [-0.2, -0.15) is 0 Å². The summed E-state index contributed by atoms with van der Waals surface area (Å²) in [4.78, 5) is 13.2. The molecule has 5 heteroatoms. The molecule has 0 unspecified atom stereocenters. The van der Waals surface area contributed by atoms with Gasteiger partial charge in [-0.15, -0.1) is 22.7 Å². The minimum absolute atomic E-state index is 0.00180. The van der Waals surface area contributed by atoms with Crippen molar-refractivity contribution in [3.05, 3.63) is 186 Å². The highest BCUT2D eigenvalue weighted by atomic mass is 32.1. The lowest BCUT2D eigenvalue weighted by Crippen LogP contribution is -2.01. The first-order chi connectivity index (χ1) is 29.6. The summed E-state index contributed by atoms with van der Waals surface area (Å²) in [5.41, 5.74) is 12.0. The Bertz CT molecular complexity index is 4220. The molecule has 9 aromatic carbocycles. The van der Waals surface area contributed by atoms with Gasteiger partial charge in [0.1, 0.15) is 11.2 Å². The molecule has 0 N–H and O–H groups in total. The fourth-order valence-corrected chi connectivity index (χ4v) is 12.0. The number of nitrogens with zero attached hydrogens (tertiary/aromatic N) is 1. The van der Waals surface area contributed by atoms with Gasteiger partial charge in [0, 0.05) is 61.9 Å². The van der Waals surface area contributed by atoms with Crippen LogP contribution in [-0.2, 0) is 0 Å². The molecule has 0 spiro atoms. The molecule has 60 heavy (non-hydrogen) atoms. The van der Waals surface area contributed by atoms with Crippen LogP contribution >= 0.6 is 22.7 Å². The van der Waals surface area contributed by atoms with E-state index >= 15 is 0 Å². The van der Waals surface area contributed by atoms with Gasteiger partial charge in [0.15, 0.2) is 0 Å². The van der Waals surface area contributed by atoms with Gasteiger partial charge in [-0.1, -0.05) is 91.0 Å². The minimum Gasteiger partial charge on any atom is -0.456 e. The van der Waals surface area contributed by atoms with Crippen molar-refractivity contribution >= 4 is 123 Å². The van der Waals surface area contributed by atoms with E-state index in [1.165, 1.54) is 101 Å². The molecule has 14 rings (SSSR count). The fraction of sp³-hybridized carbons (Fsp3) is 0. The number of para-hydroxylation sites is 3. The van der Waals surface area contributed by atoms with Gasteiger partial charge in [-0.3, -0.25) is 4.79 Å². The smallest absolute Gasteiger partial charge is 0.200 e. The van der Waals surface area contributed by atoms with E-state index in [1.54, 1.807) is 0 Å². The summed E-state index contributed by atoms with van der Waals surface area (Å²) in [5.74, 6) is 0. The van der Waals surface area contributed by atoms with Gasteiger partial charge < -0.3 is 8.82 Å². The van der Waals surface area contributed by atoms with E-state index < -0.39 is 0 Å². The Kier molecular flexibility index (Phi) is 6.47. The molecule has 0 saturated heterocycles. The molecule has 0 bridgehead atoms. The number of rotatable bonds is 3. The molecule has 0 saturated carbocycles. The van der Waals surface area contributed by atoms with E-state index in [9.17, 15) is 4.79 Å². The molecular formula is C55H29NO2S2. The zero-order valence-electron chi connectivity index (χ0n) is 31.8. The number of fused-ring (bicyclic) bond motifs is 14. The predicted octanol–water partition coefficient (Wildman–Crippen LogP) is 15.8. The summed E-state index contributed by atoms with van der Waals surface area (Å²) in [6.45, 7) is 0.